The first-order chi connectivity index (χ1) is 9.31. The van der Waals surface area contributed by atoms with Crippen LogP contribution >= 0.6 is 0 Å². The minimum Gasteiger partial charge on any atom is -0.384 e. The summed E-state index contributed by atoms with van der Waals surface area (Å²) in [6.45, 7) is 2.35. The molecule has 112 valence electrons. The van der Waals surface area contributed by atoms with Crippen LogP contribution in [-0.2, 0) is 11.0 Å². The molecular weight excluding hydrogens is 273 g/mol. The zero-order valence-electron chi connectivity index (χ0n) is 11.5. The highest BCUT2D eigenvalue weighted by Gasteiger charge is 2.31. The molecule has 1 rings (SSSR count). The van der Waals surface area contributed by atoms with Crippen molar-refractivity contribution in [1.82, 2.24) is 5.06 Å². The molecule has 0 saturated heterocycles. The van der Waals surface area contributed by atoms with E-state index in [4.69, 9.17) is 4.84 Å². The van der Waals surface area contributed by atoms with Crippen molar-refractivity contribution in [3.8, 4) is 0 Å². The number of hydroxylamine groups is 2. The Labute approximate surface area is 115 Å². The second kappa shape index (κ2) is 6.60. The minimum atomic E-state index is -4.45. The van der Waals surface area contributed by atoms with Gasteiger partial charge in [0.25, 0.3) is 5.91 Å². The van der Waals surface area contributed by atoms with Crippen molar-refractivity contribution in [2.24, 2.45) is 0 Å². The van der Waals surface area contributed by atoms with Gasteiger partial charge in [0.05, 0.1) is 18.2 Å². The molecule has 0 spiro atoms. The van der Waals surface area contributed by atoms with Crippen molar-refractivity contribution in [3.63, 3.8) is 0 Å². The van der Waals surface area contributed by atoms with Crippen molar-refractivity contribution in [2.45, 2.75) is 19.5 Å². The molecular formula is C13H17F3N2O2. The molecule has 0 heterocycles. The maximum absolute atomic E-state index is 12.7. The van der Waals surface area contributed by atoms with Crippen LogP contribution in [0.2, 0.25) is 0 Å². The molecule has 4 nitrogen and oxygen atoms in total. The molecule has 0 fully saturated rings. The minimum absolute atomic E-state index is 0.135. The van der Waals surface area contributed by atoms with E-state index in [1.807, 2.05) is 6.92 Å². The number of halogens is 3. The van der Waals surface area contributed by atoms with E-state index in [1.165, 1.54) is 14.2 Å². The Balaban J connectivity index is 3.19. The van der Waals surface area contributed by atoms with E-state index in [0.717, 1.165) is 29.7 Å². The number of hydrogen-bond acceptors (Lipinski definition) is 3. The smallest absolute Gasteiger partial charge is 0.384 e. The fraction of sp³-hybridized carbons (Fsp3) is 0.462. The van der Waals surface area contributed by atoms with E-state index in [-0.39, 0.29) is 11.3 Å². The Morgan fingerprint density at radius 3 is 2.55 bits per heavy atom. The molecule has 0 unspecified atom stereocenters. The van der Waals surface area contributed by atoms with Crippen LogP contribution in [0.15, 0.2) is 18.2 Å². The summed E-state index contributed by atoms with van der Waals surface area (Å²) >= 11 is 0. The fourth-order valence-electron chi connectivity index (χ4n) is 1.57. The summed E-state index contributed by atoms with van der Waals surface area (Å²) in [7, 11) is 2.70. The summed E-state index contributed by atoms with van der Waals surface area (Å²) in [6.07, 6.45) is -3.72. The number of alkyl halides is 3. The van der Waals surface area contributed by atoms with Gasteiger partial charge in [-0.15, -0.1) is 0 Å². The van der Waals surface area contributed by atoms with E-state index in [2.05, 4.69) is 5.32 Å². The Morgan fingerprint density at radius 2 is 2.05 bits per heavy atom. The number of carbonyl (C=O) groups is 1. The first kappa shape index (κ1) is 16.3. The van der Waals surface area contributed by atoms with Gasteiger partial charge >= 0.3 is 6.18 Å². The molecule has 1 N–H and O–H groups in total. The summed E-state index contributed by atoms with van der Waals surface area (Å²) in [6, 6.07) is 2.97. The monoisotopic (exact) mass is 290 g/mol. The average Bonchev–Trinajstić information content (AvgIpc) is 2.42. The Morgan fingerprint density at radius 1 is 1.40 bits per heavy atom. The second-order valence-corrected chi connectivity index (χ2v) is 4.17. The largest absolute Gasteiger partial charge is 0.416 e. The number of hydrogen-bond donors (Lipinski definition) is 1. The fourth-order valence-corrected chi connectivity index (χ4v) is 1.57. The maximum atomic E-state index is 12.7. The SMILES string of the molecule is CCCNc1cc(C(F)(F)F)ccc1C(=O)N(C)OC. The first-order valence-electron chi connectivity index (χ1n) is 6.08. The van der Waals surface area contributed by atoms with Crippen molar-refractivity contribution in [2.75, 3.05) is 26.0 Å². The molecule has 20 heavy (non-hydrogen) atoms. The van der Waals surface area contributed by atoms with E-state index in [1.54, 1.807) is 0 Å². The van der Waals surface area contributed by atoms with Gasteiger partial charge in [-0.25, -0.2) is 5.06 Å². The van der Waals surface area contributed by atoms with E-state index >= 15 is 0 Å². The summed E-state index contributed by atoms with van der Waals surface area (Å²) < 4.78 is 38.1. The molecule has 1 amide bonds. The van der Waals surface area contributed by atoms with Gasteiger partial charge in [-0.3, -0.25) is 9.63 Å². The number of anilines is 1. The Kier molecular flexibility index (Phi) is 5.38. The number of nitrogens with one attached hydrogen (secondary N) is 1. The highest BCUT2D eigenvalue weighted by Crippen LogP contribution is 2.32. The van der Waals surface area contributed by atoms with Gasteiger partial charge in [-0.2, -0.15) is 13.2 Å². The van der Waals surface area contributed by atoms with Gasteiger partial charge in [0, 0.05) is 19.3 Å². The summed E-state index contributed by atoms with van der Waals surface area (Å²) in [5.41, 5.74) is -0.515. The molecule has 0 atom stereocenters. The lowest BCUT2D eigenvalue weighted by atomic mass is 10.1. The molecule has 0 aliphatic heterocycles. The predicted octanol–water partition coefficient (Wildman–Crippen LogP) is 3.16. The van der Waals surface area contributed by atoms with Gasteiger partial charge in [0.15, 0.2) is 0 Å². The normalized spacial score (nSPS) is 11.3. The van der Waals surface area contributed by atoms with Crippen LogP contribution in [0, 0.1) is 0 Å². The maximum Gasteiger partial charge on any atom is 0.416 e. The summed E-state index contributed by atoms with van der Waals surface area (Å²) in [4.78, 5) is 16.8. The van der Waals surface area contributed by atoms with Crippen LogP contribution in [0.25, 0.3) is 0 Å². The van der Waals surface area contributed by atoms with Gasteiger partial charge < -0.3 is 5.32 Å². The Hall–Kier alpha value is -1.76. The van der Waals surface area contributed by atoms with Crippen LogP contribution < -0.4 is 5.32 Å². The molecule has 0 saturated carbocycles. The quantitative estimate of drug-likeness (QED) is 0.847. The standard InChI is InChI=1S/C13H17F3N2O2/c1-4-7-17-11-8-9(13(14,15)16)5-6-10(11)12(19)18(2)20-3/h5-6,8,17H,4,7H2,1-3H3. The third-order valence-corrected chi connectivity index (χ3v) is 2.70. The third kappa shape index (κ3) is 3.86. The number of benzene rings is 1. The number of carbonyl (C=O) groups excluding carboxylic acids is 1. The van der Waals surface area contributed by atoms with E-state index in [0.29, 0.717) is 6.54 Å². The number of nitrogens with zero attached hydrogens (tertiary/aromatic N) is 1. The molecule has 0 aliphatic carbocycles. The average molecular weight is 290 g/mol. The zero-order chi connectivity index (χ0) is 15.3. The topological polar surface area (TPSA) is 41.6 Å². The van der Waals surface area contributed by atoms with Crippen LogP contribution in [-0.4, -0.2) is 31.7 Å². The lowest BCUT2D eigenvalue weighted by Gasteiger charge is -2.18. The van der Waals surface area contributed by atoms with E-state index in [9.17, 15) is 18.0 Å². The summed E-state index contributed by atoms with van der Waals surface area (Å²) in [5.74, 6) is -0.514. The lowest BCUT2D eigenvalue weighted by molar-refractivity contribution is -0.137. The molecule has 1 aromatic rings. The van der Waals surface area contributed by atoms with Gasteiger partial charge in [0.2, 0.25) is 0 Å². The molecule has 0 aliphatic rings. The molecule has 7 heteroatoms. The first-order valence-corrected chi connectivity index (χ1v) is 6.08. The highest BCUT2D eigenvalue weighted by molar-refractivity contribution is 5.99. The second-order valence-electron chi connectivity index (χ2n) is 4.17. The van der Waals surface area contributed by atoms with Crippen LogP contribution in [0.5, 0.6) is 0 Å². The van der Waals surface area contributed by atoms with Crippen molar-refractivity contribution >= 4 is 11.6 Å². The van der Waals surface area contributed by atoms with E-state index < -0.39 is 17.6 Å². The molecule has 0 radical (unpaired) electrons. The van der Waals surface area contributed by atoms with Gasteiger partial charge in [0.1, 0.15) is 0 Å². The van der Waals surface area contributed by atoms with Crippen molar-refractivity contribution in [3.05, 3.63) is 29.3 Å². The Bertz CT molecular complexity index is 475. The number of rotatable bonds is 5. The highest BCUT2D eigenvalue weighted by atomic mass is 19.4. The van der Waals surface area contributed by atoms with Crippen molar-refractivity contribution in [1.29, 1.82) is 0 Å². The van der Waals surface area contributed by atoms with Gasteiger partial charge in [-0.1, -0.05) is 6.92 Å². The van der Waals surface area contributed by atoms with Crippen LogP contribution in [0.4, 0.5) is 18.9 Å². The lowest BCUT2D eigenvalue weighted by Crippen LogP contribution is -2.26. The van der Waals surface area contributed by atoms with Crippen molar-refractivity contribution < 1.29 is 22.8 Å². The van der Waals surface area contributed by atoms with Gasteiger partial charge in [-0.05, 0) is 24.6 Å². The molecule has 0 aromatic heterocycles. The summed E-state index contributed by atoms with van der Waals surface area (Å²) in [5, 5.41) is 3.79. The molecule has 0 bridgehead atoms. The number of amides is 1. The van der Waals surface area contributed by atoms with Crippen LogP contribution in [0.3, 0.4) is 0 Å². The molecule has 1 aromatic carbocycles. The van der Waals surface area contributed by atoms with Crippen LogP contribution in [0.1, 0.15) is 29.3 Å². The zero-order valence-corrected chi connectivity index (χ0v) is 11.5. The third-order valence-electron chi connectivity index (χ3n) is 2.70. The predicted molar refractivity (Wildman–Crippen MR) is 69.3 cm³/mol.